The van der Waals surface area contributed by atoms with Crippen molar-refractivity contribution in [3.63, 3.8) is 0 Å². The molecular weight excluding hydrogens is 411 g/mol. The average molecular weight is 450 g/mol. The molecule has 0 aromatic rings. The van der Waals surface area contributed by atoms with E-state index in [-0.39, 0.29) is 24.0 Å². The minimum atomic E-state index is 0. The first-order valence-electron chi connectivity index (χ1n) is 9.76. The topological polar surface area (TPSA) is 30.9 Å². The molecule has 0 atom stereocenters. The molecule has 0 aromatic heterocycles. The largest absolute Gasteiger partial charge is 0.357 e. The van der Waals surface area contributed by atoms with Crippen LogP contribution < -0.4 is 5.32 Å². The molecule has 0 aliphatic carbocycles. The Morgan fingerprint density at radius 1 is 1.17 bits per heavy atom. The lowest BCUT2D eigenvalue weighted by atomic mass is 9.93. The van der Waals surface area contributed by atoms with Crippen molar-refractivity contribution < 1.29 is 0 Å². The van der Waals surface area contributed by atoms with Crippen molar-refractivity contribution in [3.8, 4) is 0 Å². The van der Waals surface area contributed by atoms with E-state index in [4.69, 9.17) is 4.99 Å². The molecular formula is C19H39IN4. The molecule has 2 aliphatic rings. The van der Waals surface area contributed by atoms with Crippen LogP contribution in [0.4, 0.5) is 0 Å². The third-order valence-electron chi connectivity index (χ3n) is 5.33. The Hall–Kier alpha value is -0.0400. The summed E-state index contributed by atoms with van der Waals surface area (Å²) in [5.41, 5.74) is 0.432. The quantitative estimate of drug-likeness (QED) is 0.289. The molecule has 2 heterocycles. The highest BCUT2D eigenvalue weighted by atomic mass is 127. The number of piperidine rings is 1. The maximum Gasteiger partial charge on any atom is 0.193 e. The fraction of sp³-hybridized carbons (Fsp3) is 0.947. The van der Waals surface area contributed by atoms with E-state index < -0.39 is 0 Å². The van der Waals surface area contributed by atoms with Crippen molar-refractivity contribution >= 4 is 29.9 Å². The van der Waals surface area contributed by atoms with Gasteiger partial charge in [0.1, 0.15) is 0 Å². The first-order chi connectivity index (χ1) is 11.0. The summed E-state index contributed by atoms with van der Waals surface area (Å²) in [7, 11) is 0. The van der Waals surface area contributed by atoms with E-state index in [0.29, 0.717) is 5.41 Å². The molecule has 0 amide bonds. The fourth-order valence-corrected chi connectivity index (χ4v) is 3.64. The van der Waals surface area contributed by atoms with Crippen molar-refractivity contribution in [1.82, 2.24) is 15.1 Å². The Kier molecular flexibility index (Phi) is 9.94. The molecule has 0 aromatic carbocycles. The number of likely N-dealkylation sites (tertiary alicyclic amines) is 2. The van der Waals surface area contributed by atoms with E-state index in [1.54, 1.807) is 0 Å². The van der Waals surface area contributed by atoms with Crippen molar-refractivity contribution in [1.29, 1.82) is 0 Å². The Bertz CT molecular complexity index is 376. The van der Waals surface area contributed by atoms with E-state index in [1.165, 1.54) is 51.7 Å². The van der Waals surface area contributed by atoms with Crippen molar-refractivity contribution in [2.45, 2.75) is 59.8 Å². The predicted octanol–water partition coefficient (Wildman–Crippen LogP) is 3.81. The number of nitrogens with one attached hydrogen (secondary N) is 1. The van der Waals surface area contributed by atoms with Gasteiger partial charge in [-0.2, -0.15) is 0 Å². The van der Waals surface area contributed by atoms with Crippen LogP contribution in [-0.4, -0.2) is 61.6 Å². The second-order valence-corrected chi connectivity index (χ2v) is 8.30. The highest BCUT2D eigenvalue weighted by molar-refractivity contribution is 14.0. The molecule has 1 N–H and O–H groups in total. The summed E-state index contributed by atoms with van der Waals surface area (Å²) in [5.74, 6) is 2.06. The summed E-state index contributed by atoms with van der Waals surface area (Å²) in [6.45, 7) is 17.3. The van der Waals surface area contributed by atoms with E-state index in [2.05, 4.69) is 42.8 Å². The van der Waals surface area contributed by atoms with Crippen molar-refractivity contribution in [2.24, 2.45) is 16.3 Å². The number of aliphatic imine (C=N–C) groups is 1. The predicted molar refractivity (Wildman–Crippen MR) is 115 cm³/mol. The molecule has 4 nitrogen and oxygen atoms in total. The summed E-state index contributed by atoms with van der Waals surface area (Å²) in [6.07, 6.45) is 6.52. The van der Waals surface area contributed by atoms with Gasteiger partial charge in [0.25, 0.3) is 0 Å². The number of rotatable bonds is 6. The van der Waals surface area contributed by atoms with E-state index in [9.17, 15) is 0 Å². The molecule has 2 saturated heterocycles. The highest BCUT2D eigenvalue weighted by Crippen LogP contribution is 2.28. The zero-order valence-electron chi connectivity index (χ0n) is 16.3. The van der Waals surface area contributed by atoms with Crippen molar-refractivity contribution in [2.75, 3.05) is 45.8 Å². The number of hydrogen-bond acceptors (Lipinski definition) is 2. The molecule has 0 radical (unpaired) electrons. The Labute approximate surface area is 166 Å². The van der Waals surface area contributed by atoms with Gasteiger partial charge in [-0.1, -0.05) is 20.8 Å². The zero-order valence-corrected chi connectivity index (χ0v) is 18.6. The molecule has 2 aliphatic heterocycles. The lowest BCUT2D eigenvalue weighted by Gasteiger charge is -2.30. The second kappa shape index (κ2) is 10.8. The summed E-state index contributed by atoms with van der Waals surface area (Å²) in [5, 5.41) is 3.47. The standard InChI is InChI=1S/C19H38N4.HI/c1-5-20-18(23-15-10-19(3,4)16-23)21-11-6-7-12-22-13-8-17(2)9-14-22;/h17H,5-16H2,1-4H3,(H,20,21);1H. The zero-order chi connectivity index (χ0) is 16.7. The number of guanidine groups is 1. The van der Waals surface area contributed by atoms with Gasteiger partial charge in [-0.3, -0.25) is 4.99 Å². The van der Waals surface area contributed by atoms with Crippen LogP contribution in [0, 0.1) is 11.3 Å². The van der Waals surface area contributed by atoms with Gasteiger partial charge in [0.15, 0.2) is 5.96 Å². The van der Waals surface area contributed by atoms with E-state index in [1.807, 2.05) is 0 Å². The number of unbranched alkanes of at least 4 members (excludes halogenated alkanes) is 1. The minimum Gasteiger partial charge on any atom is -0.357 e. The van der Waals surface area contributed by atoms with Gasteiger partial charge in [0, 0.05) is 26.2 Å². The molecule has 0 spiro atoms. The van der Waals surface area contributed by atoms with Crippen LogP contribution in [0.1, 0.15) is 59.8 Å². The number of hydrogen-bond donors (Lipinski definition) is 1. The van der Waals surface area contributed by atoms with E-state index >= 15 is 0 Å². The van der Waals surface area contributed by atoms with Gasteiger partial charge in [-0.15, -0.1) is 24.0 Å². The summed E-state index contributed by atoms with van der Waals surface area (Å²) in [6, 6.07) is 0. The second-order valence-electron chi connectivity index (χ2n) is 8.30. The number of halogens is 1. The monoisotopic (exact) mass is 450 g/mol. The Balaban J connectivity index is 0.00000288. The minimum absolute atomic E-state index is 0. The van der Waals surface area contributed by atoms with Gasteiger partial charge < -0.3 is 15.1 Å². The van der Waals surface area contributed by atoms with Crippen LogP contribution >= 0.6 is 24.0 Å². The lowest BCUT2D eigenvalue weighted by Crippen LogP contribution is -2.40. The van der Waals surface area contributed by atoms with Crippen LogP contribution in [0.25, 0.3) is 0 Å². The molecule has 2 rings (SSSR count). The molecule has 0 unspecified atom stereocenters. The van der Waals surface area contributed by atoms with Crippen LogP contribution in [0.15, 0.2) is 4.99 Å². The highest BCUT2D eigenvalue weighted by Gasteiger charge is 2.30. The van der Waals surface area contributed by atoms with E-state index in [0.717, 1.165) is 38.1 Å². The SMILES string of the molecule is CCNC(=NCCCCN1CCC(C)CC1)N1CCC(C)(C)C1.I. The van der Waals surface area contributed by atoms with Crippen molar-refractivity contribution in [3.05, 3.63) is 0 Å². The van der Waals surface area contributed by atoms with Crippen LogP contribution in [0.3, 0.4) is 0 Å². The maximum atomic E-state index is 4.87. The molecule has 0 bridgehead atoms. The van der Waals surface area contributed by atoms with Gasteiger partial charge in [0.05, 0.1) is 0 Å². The Morgan fingerprint density at radius 2 is 1.88 bits per heavy atom. The van der Waals surface area contributed by atoms with Gasteiger partial charge in [0.2, 0.25) is 0 Å². The van der Waals surface area contributed by atoms with Crippen LogP contribution in [-0.2, 0) is 0 Å². The number of nitrogens with zero attached hydrogens (tertiary/aromatic N) is 3. The third-order valence-corrected chi connectivity index (χ3v) is 5.33. The molecule has 5 heteroatoms. The molecule has 24 heavy (non-hydrogen) atoms. The first kappa shape index (κ1) is 22.0. The molecule has 2 fully saturated rings. The third kappa shape index (κ3) is 7.46. The van der Waals surface area contributed by atoms with Crippen LogP contribution in [0.5, 0.6) is 0 Å². The maximum absolute atomic E-state index is 4.87. The fourth-order valence-electron chi connectivity index (χ4n) is 3.64. The van der Waals surface area contributed by atoms with Gasteiger partial charge in [-0.25, -0.2) is 0 Å². The summed E-state index contributed by atoms with van der Waals surface area (Å²) < 4.78 is 0. The molecule has 0 saturated carbocycles. The molecule has 142 valence electrons. The Morgan fingerprint density at radius 3 is 2.46 bits per heavy atom. The smallest absolute Gasteiger partial charge is 0.193 e. The average Bonchev–Trinajstić information content (AvgIpc) is 2.88. The van der Waals surface area contributed by atoms with Gasteiger partial charge in [-0.05, 0) is 70.0 Å². The first-order valence-corrected chi connectivity index (χ1v) is 9.76. The summed E-state index contributed by atoms with van der Waals surface area (Å²) in [4.78, 5) is 9.95. The van der Waals surface area contributed by atoms with Gasteiger partial charge >= 0.3 is 0 Å². The normalized spacial score (nSPS) is 22.5. The van der Waals surface area contributed by atoms with Crippen LogP contribution in [0.2, 0.25) is 0 Å². The summed E-state index contributed by atoms with van der Waals surface area (Å²) >= 11 is 0. The lowest BCUT2D eigenvalue weighted by molar-refractivity contribution is 0.190.